The van der Waals surface area contributed by atoms with Crippen LogP contribution in [0.2, 0.25) is 0 Å². The molecular weight excluding hydrogens is 499 g/mol. The molecule has 1 rings (SSSR count). The minimum atomic E-state index is -0.119. The highest BCUT2D eigenvalue weighted by atomic mass is 32.1. The lowest BCUT2D eigenvalue weighted by atomic mass is 10.1. The Balaban J connectivity index is 4.20. The molecular formula is C26H27N3O3S3. The van der Waals surface area contributed by atoms with Crippen molar-refractivity contribution in [2.45, 2.75) is 6.92 Å². The molecule has 6 nitrogen and oxygen atoms in total. The molecule has 0 aliphatic heterocycles. The lowest BCUT2D eigenvalue weighted by Crippen LogP contribution is -2.07. The second-order valence-electron chi connectivity index (χ2n) is 6.65. The lowest BCUT2D eigenvalue weighted by Gasteiger charge is -2.12. The molecule has 0 spiro atoms. The minimum absolute atomic E-state index is 0.0209. The Labute approximate surface area is 222 Å². The minimum Gasteiger partial charge on any atom is -0.513 e. The maximum atomic E-state index is 9.86. The normalized spacial score (nSPS) is 14.8. The van der Waals surface area contributed by atoms with Gasteiger partial charge < -0.3 is 15.3 Å². The Morgan fingerprint density at radius 1 is 0.571 bits per heavy atom. The first-order valence-electron chi connectivity index (χ1n) is 9.90. The Morgan fingerprint density at radius 3 is 1.09 bits per heavy atom. The molecule has 0 bridgehead atoms. The van der Waals surface area contributed by atoms with Crippen molar-refractivity contribution in [2.75, 3.05) is 0 Å². The standard InChI is InChI=1S/C26H27N3O3S3/c1-7-16(31)13-22(34)19(10-4)25-27-24(18(9-3)21(33)12-15(6)30)28-26(29-25)20(11-5)23(35)14-17(32)8-2/h7-14,30-35H,1-5H2,6H3/b15-12+,16-13+,17-14+,21-18-,22-19-,23-20-. The van der Waals surface area contributed by atoms with E-state index in [2.05, 4.69) is 85.7 Å². The molecule has 9 heteroatoms. The molecule has 3 N–H and O–H groups in total. The summed E-state index contributed by atoms with van der Waals surface area (Å²) >= 11 is 13.3. The van der Waals surface area contributed by atoms with E-state index in [0.29, 0.717) is 31.4 Å². The molecule has 1 heterocycles. The molecule has 35 heavy (non-hydrogen) atoms. The van der Waals surface area contributed by atoms with Crippen LogP contribution < -0.4 is 0 Å². The van der Waals surface area contributed by atoms with Crippen molar-refractivity contribution >= 4 is 54.6 Å². The van der Waals surface area contributed by atoms with Crippen LogP contribution in [0.25, 0.3) is 16.7 Å². The van der Waals surface area contributed by atoms with Gasteiger partial charge in [-0.2, -0.15) is 0 Å². The van der Waals surface area contributed by atoms with Gasteiger partial charge in [-0.25, -0.2) is 15.0 Å². The second-order valence-corrected chi connectivity index (χ2v) is 8.09. The molecule has 0 aromatic carbocycles. The molecule has 0 atom stereocenters. The maximum absolute atomic E-state index is 9.86. The first-order valence-corrected chi connectivity index (χ1v) is 11.2. The van der Waals surface area contributed by atoms with Crippen LogP contribution in [0.4, 0.5) is 0 Å². The predicted molar refractivity (Wildman–Crippen MR) is 156 cm³/mol. The maximum Gasteiger partial charge on any atom is 0.165 e. The predicted octanol–water partition coefficient (Wildman–Crippen LogP) is 7.07. The zero-order chi connectivity index (χ0) is 26.7. The van der Waals surface area contributed by atoms with Crippen LogP contribution in [0.3, 0.4) is 0 Å². The van der Waals surface area contributed by atoms with Crippen LogP contribution in [0, 0.1) is 0 Å². The SMILES string of the molecule is C=C/C(=C(S)\C=C(/C)O)c1nc(/C(C=C)=C(S)/C=C(/O)C=C)nc(/C(C=C)=C(S)/C=C(/O)C=C)n1. The van der Waals surface area contributed by atoms with Crippen LogP contribution in [0.5, 0.6) is 0 Å². The third-order valence-electron chi connectivity index (χ3n) is 4.13. The molecule has 182 valence electrons. The highest BCUT2D eigenvalue weighted by molar-refractivity contribution is 7.85. The van der Waals surface area contributed by atoms with Crippen LogP contribution in [-0.4, -0.2) is 30.3 Å². The zero-order valence-electron chi connectivity index (χ0n) is 19.2. The highest BCUT2D eigenvalue weighted by Gasteiger charge is 2.17. The van der Waals surface area contributed by atoms with Crippen molar-refractivity contribution in [3.05, 3.63) is 131 Å². The lowest BCUT2D eigenvalue weighted by molar-refractivity contribution is 0.414. The van der Waals surface area contributed by atoms with E-state index in [1.165, 1.54) is 55.5 Å². The van der Waals surface area contributed by atoms with Gasteiger partial charge in [0.15, 0.2) is 17.5 Å². The fourth-order valence-electron chi connectivity index (χ4n) is 2.50. The quantitative estimate of drug-likeness (QED) is 0.105. The molecule has 0 saturated heterocycles. The summed E-state index contributed by atoms with van der Waals surface area (Å²) in [5, 5.41) is 29.4. The highest BCUT2D eigenvalue weighted by Crippen LogP contribution is 2.29. The van der Waals surface area contributed by atoms with E-state index in [1.807, 2.05) is 0 Å². The smallest absolute Gasteiger partial charge is 0.165 e. The average molecular weight is 526 g/mol. The van der Waals surface area contributed by atoms with Gasteiger partial charge in [-0.15, -0.1) is 37.9 Å². The Bertz CT molecular complexity index is 1180. The number of nitrogens with zero attached hydrogens (tertiary/aromatic N) is 3. The van der Waals surface area contributed by atoms with Crippen molar-refractivity contribution in [1.82, 2.24) is 15.0 Å². The van der Waals surface area contributed by atoms with Crippen molar-refractivity contribution < 1.29 is 15.3 Å². The molecule has 0 radical (unpaired) electrons. The van der Waals surface area contributed by atoms with E-state index in [0.717, 1.165) is 0 Å². The van der Waals surface area contributed by atoms with E-state index in [1.54, 1.807) is 0 Å². The number of hydrogen-bond donors (Lipinski definition) is 6. The largest absolute Gasteiger partial charge is 0.513 e. The molecule has 0 unspecified atom stereocenters. The van der Waals surface area contributed by atoms with E-state index >= 15 is 0 Å². The molecule has 0 saturated carbocycles. The van der Waals surface area contributed by atoms with Crippen LogP contribution in [0.15, 0.2) is 113 Å². The van der Waals surface area contributed by atoms with Gasteiger partial charge in [-0.05, 0) is 37.3 Å². The van der Waals surface area contributed by atoms with Gasteiger partial charge in [0.1, 0.15) is 11.5 Å². The molecule has 0 aliphatic rings. The van der Waals surface area contributed by atoms with Crippen LogP contribution in [0.1, 0.15) is 24.4 Å². The van der Waals surface area contributed by atoms with Gasteiger partial charge >= 0.3 is 0 Å². The summed E-state index contributed by atoms with van der Waals surface area (Å²) in [5.41, 5.74) is 1.14. The summed E-state index contributed by atoms with van der Waals surface area (Å²) in [6.07, 6.45) is 11.1. The molecule has 0 fully saturated rings. The second kappa shape index (κ2) is 14.1. The Kier molecular flexibility index (Phi) is 11.9. The van der Waals surface area contributed by atoms with Crippen LogP contribution >= 0.6 is 37.9 Å². The van der Waals surface area contributed by atoms with Gasteiger partial charge in [0.25, 0.3) is 0 Å². The van der Waals surface area contributed by atoms with E-state index in [-0.39, 0.29) is 34.8 Å². The monoisotopic (exact) mass is 525 g/mol. The van der Waals surface area contributed by atoms with Crippen molar-refractivity contribution in [3.8, 4) is 0 Å². The van der Waals surface area contributed by atoms with Crippen LogP contribution in [-0.2, 0) is 0 Å². The number of aliphatic hydroxyl groups is 3. The number of rotatable bonds is 11. The Hall–Kier alpha value is -3.40. The number of allylic oxidation sites excluding steroid dienone is 12. The van der Waals surface area contributed by atoms with E-state index in [4.69, 9.17) is 0 Å². The fourth-order valence-corrected chi connectivity index (χ4v) is 3.52. The first-order chi connectivity index (χ1) is 16.5. The average Bonchev–Trinajstić information content (AvgIpc) is 2.79. The van der Waals surface area contributed by atoms with Gasteiger partial charge in [0, 0.05) is 31.4 Å². The molecule has 0 aliphatic carbocycles. The summed E-state index contributed by atoms with van der Waals surface area (Å²) in [6, 6.07) is 0. The zero-order valence-corrected chi connectivity index (χ0v) is 21.9. The van der Waals surface area contributed by atoms with Gasteiger partial charge in [0.2, 0.25) is 0 Å². The summed E-state index contributed by atoms with van der Waals surface area (Å²) in [5.74, 6) is 0.253. The van der Waals surface area contributed by atoms with Crippen molar-refractivity contribution in [2.24, 2.45) is 0 Å². The van der Waals surface area contributed by atoms with Gasteiger partial charge in [-0.3, -0.25) is 0 Å². The Morgan fingerprint density at radius 2 is 0.857 bits per heavy atom. The van der Waals surface area contributed by atoms with Gasteiger partial charge in [-0.1, -0.05) is 51.1 Å². The number of thiol groups is 3. The topological polar surface area (TPSA) is 99.4 Å². The molecule has 1 aromatic rings. The number of aliphatic hydroxyl groups excluding tert-OH is 3. The van der Waals surface area contributed by atoms with Crippen molar-refractivity contribution in [1.29, 1.82) is 0 Å². The summed E-state index contributed by atoms with van der Waals surface area (Å²) < 4.78 is 0. The molecule has 0 amide bonds. The molecule has 1 aromatic heterocycles. The number of aromatic nitrogens is 3. The summed E-state index contributed by atoms with van der Waals surface area (Å²) in [6.45, 7) is 19.9. The first kappa shape index (κ1) is 29.6. The summed E-state index contributed by atoms with van der Waals surface area (Å²) in [4.78, 5) is 14.5. The third kappa shape index (κ3) is 8.40. The van der Waals surface area contributed by atoms with Crippen molar-refractivity contribution in [3.63, 3.8) is 0 Å². The van der Waals surface area contributed by atoms with E-state index < -0.39 is 0 Å². The van der Waals surface area contributed by atoms with E-state index in [9.17, 15) is 15.3 Å². The third-order valence-corrected chi connectivity index (χ3v) is 5.24. The number of hydrogen-bond acceptors (Lipinski definition) is 9. The summed E-state index contributed by atoms with van der Waals surface area (Å²) in [7, 11) is 0. The van der Waals surface area contributed by atoms with Gasteiger partial charge in [0.05, 0.1) is 5.76 Å². The fraction of sp³-hybridized carbons (Fsp3) is 0.0385.